The van der Waals surface area contributed by atoms with Crippen LogP contribution >= 0.6 is 0 Å². The van der Waals surface area contributed by atoms with Crippen LogP contribution in [-0.4, -0.2) is 59.8 Å². The van der Waals surface area contributed by atoms with Crippen LogP contribution in [0.25, 0.3) is 11.0 Å². The van der Waals surface area contributed by atoms with Gasteiger partial charge in [-0.2, -0.15) is 4.98 Å². The molecule has 0 bridgehead atoms. The summed E-state index contributed by atoms with van der Waals surface area (Å²) in [6.45, 7) is -0.521. The van der Waals surface area contributed by atoms with E-state index in [4.69, 9.17) is 15.6 Å². The van der Waals surface area contributed by atoms with Gasteiger partial charge in [-0.05, 0) is 0 Å². The van der Waals surface area contributed by atoms with Gasteiger partial charge < -0.3 is 25.8 Å². The Hall–Kier alpha value is -2.34. The van der Waals surface area contributed by atoms with E-state index in [1.807, 2.05) is 0 Å². The number of nitrogens with one attached hydrogen (secondary N) is 1. The molecule has 1 saturated heterocycles. The van der Waals surface area contributed by atoms with Crippen LogP contribution in [0.1, 0.15) is 6.23 Å². The second-order valence-corrected chi connectivity index (χ2v) is 4.83. The summed E-state index contributed by atoms with van der Waals surface area (Å²) in [6.07, 6.45) is -3.87. The average molecular weight is 311 g/mol. The number of aromatic amines is 1. The van der Waals surface area contributed by atoms with E-state index in [1.165, 1.54) is 0 Å². The van der Waals surface area contributed by atoms with Gasteiger partial charge in [-0.1, -0.05) is 0 Å². The van der Waals surface area contributed by atoms with E-state index >= 15 is 0 Å². The van der Waals surface area contributed by atoms with Crippen molar-refractivity contribution in [3.63, 3.8) is 0 Å². The van der Waals surface area contributed by atoms with Crippen LogP contribution in [0.3, 0.4) is 0 Å². The molecule has 2 aromatic rings. The Morgan fingerprint density at radius 3 is 2.73 bits per heavy atom. The van der Waals surface area contributed by atoms with Crippen molar-refractivity contribution in [1.82, 2.24) is 19.5 Å². The first-order valence-corrected chi connectivity index (χ1v) is 6.33. The van der Waals surface area contributed by atoms with Gasteiger partial charge in [0.25, 0.3) is 5.56 Å². The third kappa shape index (κ3) is 2.07. The van der Waals surface area contributed by atoms with E-state index in [2.05, 4.69) is 15.0 Å². The zero-order valence-electron chi connectivity index (χ0n) is 11.1. The smallest absolute Gasteiger partial charge is 0.301 e. The number of aliphatic hydroxyl groups excluding tert-OH is 3. The number of imidazole rings is 1. The second-order valence-electron chi connectivity index (χ2n) is 4.83. The summed E-state index contributed by atoms with van der Waals surface area (Å²) in [5.74, 6) is -0.374. The molecule has 1 aliphatic heterocycles. The maximum atomic E-state index is 12.1. The highest BCUT2D eigenvalue weighted by atomic mass is 16.6. The number of nitrogen functional groups attached to an aromatic ring is 1. The molecule has 0 spiro atoms. The lowest BCUT2D eigenvalue weighted by Crippen LogP contribution is -2.33. The van der Waals surface area contributed by atoms with Gasteiger partial charge in [0.1, 0.15) is 23.8 Å². The zero-order chi connectivity index (χ0) is 16.0. The molecule has 0 saturated carbocycles. The monoisotopic (exact) mass is 311 g/mol. The summed E-state index contributed by atoms with van der Waals surface area (Å²) in [6, 6.07) is 0. The van der Waals surface area contributed by atoms with E-state index in [-0.39, 0.29) is 17.0 Å². The summed E-state index contributed by atoms with van der Waals surface area (Å²) in [5.41, 5.74) is 3.32. The molecule has 2 aromatic heterocycles. The number of ether oxygens (including phenoxy) is 1. The topological polar surface area (TPSA) is 177 Å². The number of rotatable bonds is 2. The molecule has 1 aliphatic rings. The third-order valence-corrected chi connectivity index (χ3v) is 3.47. The van der Waals surface area contributed by atoms with E-state index in [0.717, 1.165) is 10.9 Å². The molecular weight excluding hydrogens is 298 g/mol. The van der Waals surface area contributed by atoms with Crippen LogP contribution in [0.4, 0.5) is 5.95 Å². The summed E-state index contributed by atoms with van der Waals surface area (Å²) in [5, 5.41) is 28.9. The lowest BCUT2D eigenvalue weighted by atomic mass is 10.1. The van der Waals surface area contributed by atoms with Gasteiger partial charge in [0.05, 0.1) is 12.9 Å². The van der Waals surface area contributed by atoms with Crippen molar-refractivity contribution in [2.75, 3.05) is 12.3 Å². The van der Waals surface area contributed by atoms with Crippen molar-refractivity contribution >= 4 is 17.0 Å². The molecule has 0 aromatic carbocycles. The molecule has 11 heteroatoms. The molecule has 118 valence electrons. The van der Waals surface area contributed by atoms with Crippen molar-refractivity contribution in [3.8, 4) is 0 Å². The lowest BCUT2D eigenvalue weighted by molar-refractivity contribution is -0.0509. The molecule has 1 fully saturated rings. The fourth-order valence-corrected chi connectivity index (χ4v) is 2.41. The van der Waals surface area contributed by atoms with Gasteiger partial charge in [0, 0.05) is 0 Å². The Balaban J connectivity index is 2.22. The molecule has 4 atom stereocenters. The Morgan fingerprint density at radius 2 is 2.09 bits per heavy atom. The predicted octanol–water partition coefficient (Wildman–Crippen LogP) is -3.33. The lowest BCUT2D eigenvalue weighted by Gasteiger charge is -2.16. The zero-order valence-corrected chi connectivity index (χ0v) is 11.1. The number of fused-ring (bicyclic) bond motifs is 1. The maximum Gasteiger partial charge on any atom is 0.301 e. The fourth-order valence-electron chi connectivity index (χ4n) is 2.41. The third-order valence-electron chi connectivity index (χ3n) is 3.47. The first-order chi connectivity index (χ1) is 10.4. The van der Waals surface area contributed by atoms with Crippen molar-refractivity contribution in [2.45, 2.75) is 24.5 Å². The first kappa shape index (κ1) is 14.6. The minimum Gasteiger partial charge on any atom is -0.394 e. The highest BCUT2D eigenvalue weighted by Crippen LogP contribution is 2.30. The quantitative estimate of drug-likeness (QED) is 0.379. The van der Waals surface area contributed by atoms with E-state index in [1.54, 1.807) is 0 Å². The normalized spacial score (nSPS) is 28.3. The Morgan fingerprint density at radius 1 is 1.36 bits per heavy atom. The van der Waals surface area contributed by atoms with E-state index < -0.39 is 42.3 Å². The number of aromatic nitrogens is 4. The number of hydrogen-bond acceptors (Lipinski definition) is 9. The molecular formula is C11H13N5O6. The summed E-state index contributed by atoms with van der Waals surface area (Å²) >= 11 is 0. The standard InChI is InChI=1S/C11H13N5O6/c12-11-14-8(20)4-5(9(21)15-11)16(2-13-4)10-7(19)6(18)3(1-17)22-10/h2-3,6-7,10,17-19H,1H2,(H3,12,14,15,20,21)/t3-,6-,7-,10-/m1/s1. The maximum absolute atomic E-state index is 12.1. The Labute approximate surface area is 121 Å². The largest absolute Gasteiger partial charge is 0.394 e. The first-order valence-electron chi connectivity index (χ1n) is 6.33. The summed E-state index contributed by atoms with van der Waals surface area (Å²) in [7, 11) is 0. The van der Waals surface area contributed by atoms with Crippen molar-refractivity contribution < 1.29 is 20.1 Å². The number of nitrogens with two attached hydrogens (primary N) is 1. The second kappa shape index (κ2) is 5.14. The number of H-pyrrole nitrogens is 1. The molecule has 0 amide bonds. The molecule has 3 rings (SSSR count). The van der Waals surface area contributed by atoms with Gasteiger partial charge in [-0.15, -0.1) is 0 Å². The number of hydrogen-bond donors (Lipinski definition) is 5. The Bertz CT molecular complexity index is 832. The van der Waals surface area contributed by atoms with Gasteiger partial charge in [-0.3, -0.25) is 19.1 Å². The predicted molar refractivity (Wildman–Crippen MR) is 71.8 cm³/mol. The van der Waals surface area contributed by atoms with Gasteiger partial charge in [0.15, 0.2) is 11.7 Å². The average Bonchev–Trinajstić information content (AvgIpc) is 2.98. The molecule has 22 heavy (non-hydrogen) atoms. The molecule has 3 heterocycles. The van der Waals surface area contributed by atoms with Crippen LogP contribution in [0.15, 0.2) is 15.9 Å². The van der Waals surface area contributed by atoms with Crippen molar-refractivity contribution in [2.24, 2.45) is 0 Å². The van der Waals surface area contributed by atoms with Crippen molar-refractivity contribution in [3.05, 3.63) is 27.0 Å². The number of nitrogens with zero attached hydrogens (tertiary/aromatic N) is 3. The van der Waals surface area contributed by atoms with E-state index in [0.29, 0.717) is 0 Å². The van der Waals surface area contributed by atoms with Crippen LogP contribution in [-0.2, 0) is 4.74 Å². The molecule has 6 N–H and O–H groups in total. The summed E-state index contributed by atoms with van der Waals surface area (Å²) in [4.78, 5) is 33.3. The van der Waals surface area contributed by atoms with Crippen molar-refractivity contribution in [1.29, 1.82) is 0 Å². The van der Waals surface area contributed by atoms with E-state index in [9.17, 15) is 19.8 Å². The highest BCUT2D eigenvalue weighted by molar-refractivity contribution is 5.72. The Kier molecular flexibility index (Phi) is 3.41. The fraction of sp³-hybridized carbons (Fsp3) is 0.455. The van der Waals surface area contributed by atoms with Gasteiger partial charge in [-0.25, -0.2) is 4.98 Å². The number of aliphatic hydroxyl groups is 3. The molecule has 0 aliphatic carbocycles. The highest BCUT2D eigenvalue weighted by Gasteiger charge is 2.44. The van der Waals surface area contributed by atoms with Crippen LogP contribution in [0.2, 0.25) is 0 Å². The van der Waals surface area contributed by atoms with Crippen LogP contribution in [0, 0.1) is 0 Å². The number of anilines is 1. The van der Waals surface area contributed by atoms with Gasteiger partial charge in [0.2, 0.25) is 5.95 Å². The molecule has 0 radical (unpaired) electrons. The van der Waals surface area contributed by atoms with Crippen LogP contribution in [0.5, 0.6) is 0 Å². The van der Waals surface area contributed by atoms with Crippen LogP contribution < -0.4 is 16.9 Å². The minimum atomic E-state index is -1.42. The summed E-state index contributed by atoms with van der Waals surface area (Å²) < 4.78 is 6.41. The van der Waals surface area contributed by atoms with Gasteiger partial charge >= 0.3 is 5.56 Å². The molecule has 11 nitrogen and oxygen atoms in total. The minimum absolute atomic E-state index is 0.205. The SMILES string of the molecule is Nc1nc(=O)c2ncn([C@@H]3O[C@H](CO)[C@@H](O)[C@H]3O)c2c(=O)[nH]1. The molecule has 0 unspecified atom stereocenters.